The Morgan fingerprint density at radius 1 is 1.32 bits per heavy atom. The normalized spacial score (nSPS) is 23.0. The van der Waals surface area contributed by atoms with Gasteiger partial charge in [-0.1, -0.05) is 5.16 Å². The molecule has 2 N–H and O–H groups in total. The van der Waals surface area contributed by atoms with E-state index in [1.54, 1.807) is 0 Å². The molecule has 28 heavy (non-hydrogen) atoms. The van der Waals surface area contributed by atoms with Crippen LogP contribution in [0.2, 0.25) is 0 Å². The highest BCUT2D eigenvalue weighted by molar-refractivity contribution is 8.02. The zero-order chi connectivity index (χ0) is 19.1. The van der Waals surface area contributed by atoms with Gasteiger partial charge in [0.1, 0.15) is 0 Å². The van der Waals surface area contributed by atoms with Gasteiger partial charge in [-0.05, 0) is 68.7 Å². The highest BCUT2D eigenvalue weighted by Gasteiger charge is 2.24. The van der Waals surface area contributed by atoms with Crippen LogP contribution < -0.4 is 10.6 Å². The quantitative estimate of drug-likeness (QED) is 0.803. The Morgan fingerprint density at radius 2 is 2.18 bits per heavy atom. The van der Waals surface area contributed by atoms with Crippen molar-refractivity contribution in [1.29, 1.82) is 0 Å². The lowest BCUT2D eigenvalue weighted by molar-refractivity contribution is -0.115. The monoisotopic (exact) mass is 398 g/mol. The minimum atomic E-state index is 0.0561. The zero-order valence-electron chi connectivity index (χ0n) is 16.2. The molecule has 0 radical (unpaired) electrons. The number of aromatic nitrogens is 1. The predicted molar refractivity (Wildman–Crippen MR) is 112 cm³/mol. The van der Waals surface area contributed by atoms with E-state index in [9.17, 15) is 4.79 Å². The van der Waals surface area contributed by atoms with Crippen LogP contribution in [0, 0.1) is 5.92 Å². The van der Waals surface area contributed by atoms with Gasteiger partial charge < -0.3 is 15.2 Å². The lowest BCUT2D eigenvalue weighted by Crippen LogP contribution is -2.37. The first-order valence-corrected chi connectivity index (χ1v) is 11.1. The Bertz CT molecular complexity index is 930. The number of anilines is 1. The number of nitrogens with zero attached hydrogens (tertiary/aromatic N) is 2. The molecule has 0 spiro atoms. The van der Waals surface area contributed by atoms with Crippen LogP contribution in [0.15, 0.2) is 27.8 Å². The van der Waals surface area contributed by atoms with Crippen LogP contribution in [0.1, 0.15) is 37.4 Å². The Balaban J connectivity index is 1.15. The molecule has 0 saturated carbocycles. The van der Waals surface area contributed by atoms with E-state index < -0.39 is 0 Å². The second kappa shape index (κ2) is 7.44. The van der Waals surface area contributed by atoms with Crippen LogP contribution in [-0.2, 0) is 17.6 Å². The number of carbonyl (C=O) groups excluding carboxylic acids is 1. The molecule has 1 atom stereocenters. The summed E-state index contributed by atoms with van der Waals surface area (Å²) in [6, 6.07) is 3.99. The number of thioether (sulfide) groups is 1. The van der Waals surface area contributed by atoms with E-state index in [1.165, 1.54) is 31.6 Å². The maximum Gasteiger partial charge on any atom is 0.228 e. The number of hydrogen-bond donors (Lipinski definition) is 2. The van der Waals surface area contributed by atoms with Gasteiger partial charge in [-0.15, -0.1) is 11.8 Å². The molecule has 1 aromatic heterocycles. The van der Waals surface area contributed by atoms with Gasteiger partial charge in [-0.3, -0.25) is 9.69 Å². The fourth-order valence-electron chi connectivity index (χ4n) is 4.50. The number of amides is 1. The van der Waals surface area contributed by atoms with Crippen molar-refractivity contribution >= 4 is 34.3 Å². The molecular weight excluding hydrogens is 372 g/mol. The third-order valence-corrected chi connectivity index (χ3v) is 7.04. The van der Waals surface area contributed by atoms with Crippen molar-refractivity contribution in [2.24, 2.45) is 5.92 Å². The van der Waals surface area contributed by atoms with Crippen molar-refractivity contribution in [2.45, 2.75) is 44.4 Å². The van der Waals surface area contributed by atoms with Gasteiger partial charge in [0.2, 0.25) is 5.91 Å². The van der Waals surface area contributed by atoms with Crippen LogP contribution in [-0.4, -0.2) is 41.0 Å². The third-order valence-electron chi connectivity index (χ3n) is 6.09. The summed E-state index contributed by atoms with van der Waals surface area (Å²) in [6.45, 7) is 5.60. The number of rotatable bonds is 5. The van der Waals surface area contributed by atoms with E-state index in [2.05, 4.69) is 39.1 Å². The fraction of sp³-hybridized carbons (Fsp3) is 0.524. The maximum absolute atomic E-state index is 11.6. The first-order chi connectivity index (χ1) is 13.6. The summed E-state index contributed by atoms with van der Waals surface area (Å²) in [6.07, 6.45) is 5.05. The van der Waals surface area contributed by atoms with Gasteiger partial charge in [0.05, 0.1) is 17.5 Å². The van der Waals surface area contributed by atoms with Crippen LogP contribution >= 0.6 is 11.8 Å². The highest BCUT2D eigenvalue weighted by Crippen LogP contribution is 2.32. The Kier molecular flexibility index (Phi) is 4.80. The van der Waals surface area contributed by atoms with E-state index >= 15 is 0 Å². The lowest BCUT2D eigenvalue weighted by Gasteiger charge is -2.32. The number of carbonyl (C=O) groups is 1. The number of aryl methyl sites for hydroxylation is 1. The maximum atomic E-state index is 11.6. The van der Waals surface area contributed by atoms with Gasteiger partial charge in [0, 0.05) is 29.4 Å². The molecule has 0 bridgehead atoms. The van der Waals surface area contributed by atoms with Gasteiger partial charge in [0.25, 0.3) is 0 Å². The number of likely N-dealkylation sites (tertiary alicyclic amines) is 1. The average Bonchev–Trinajstić information content (AvgIpc) is 3.37. The van der Waals surface area contributed by atoms with E-state index in [4.69, 9.17) is 4.52 Å². The first-order valence-electron chi connectivity index (χ1n) is 10.2. The first kappa shape index (κ1) is 18.1. The molecule has 148 valence electrons. The van der Waals surface area contributed by atoms with Gasteiger partial charge >= 0.3 is 0 Å². The molecule has 7 heteroatoms. The minimum Gasteiger partial charge on any atom is -0.375 e. The highest BCUT2D eigenvalue weighted by atomic mass is 32.2. The van der Waals surface area contributed by atoms with Crippen molar-refractivity contribution in [3.63, 3.8) is 0 Å². The molecule has 1 fully saturated rings. The van der Waals surface area contributed by atoms with Crippen molar-refractivity contribution in [3.8, 4) is 0 Å². The summed E-state index contributed by atoms with van der Waals surface area (Å²) >= 11 is 1.87. The van der Waals surface area contributed by atoms with Gasteiger partial charge in [0.15, 0.2) is 5.58 Å². The minimum absolute atomic E-state index is 0.0561. The standard InChI is InChI=1S/C21H26N4O2S/c1-13-22-16(12-28-13)11-25-6-4-14(5-7-25)2-3-18-17-8-15-9-21(26)23-19(15)10-20(17)27-24-18/h8,10,12-14,22H,2-7,9,11H2,1H3,(H,23,26). The topological polar surface area (TPSA) is 70.4 Å². The molecule has 3 aliphatic heterocycles. The Labute approximate surface area is 169 Å². The number of benzene rings is 1. The molecular formula is C21H26N4O2S. The number of nitrogens with one attached hydrogen (secondary N) is 2. The van der Waals surface area contributed by atoms with Crippen molar-refractivity contribution < 1.29 is 9.32 Å². The zero-order valence-corrected chi connectivity index (χ0v) is 17.0. The van der Waals surface area contributed by atoms with E-state index in [0.717, 1.165) is 53.2 Å². The van der Waals surface area contributed by atoms with Gasteiger partial charge in [-0.2, -0.15) is 0 Å². The largest absolute Gasteiger partial charge is 0.375 e. The van der Waals surface area contributed by atoms with Crippen LogP contribution in [0.25, 0.3) is 11.0 Å². The summed E-state index contributed by atoms with van der Waals surface area (Å²) in [7, 11) is 0. The van der Waals surface area contributed by atoms with Crippen LogP contribution in [0.4, 0.5) is 5.69 Å². The summed E-state index contributed by atoms with van der Waals surface area (Å²) in [5.74, 6) is 0.806. The van der Waals surface area contributed by atoms with Crippen molar-refractivity contribution in [1.82, 2.24) is 15.4 Å². The van der Waals surface area contributed by atoms with E-state index in [0.29, 0.717) is 11.8 Å². The summed E-state index contributed by atoms with van der Waals surface area (Å²) in [5, 5.41) is 14.6. The summed E-state index contributed by atoms with van der Waals surface area (Å²) in [4.78, 5) is 14.2. The molecule has 2 aromatic rings. The molecule has 4 heterocycles. The molecule has 3 aliphatic rings. The molecule has 6 nitrogen and oxygen atoms in total. The molecule has 1 aromatic carbocycles. The smallest absolute Gasteiger partial charge is 0.228 e. The Hall–Kier alpha value is -1.99. The van der Waals surface area contributed by atoms with Crippen LogP contribution in [0.3, 0.4) is 0 Å². The molecule has 1 amide bonds. The third kappa shape index (κ3) is 3.65. The second-order valence-electron chi connectivity index (χ2n) is 8.18. The van der Waals surface area contributed by atoms with Crippen LogP contribution in [0.5, 0.6) is 0 Å². The summed E-state index contributed by atoms with van der Waals surface area (Å²) in [5.41, 5.74) is 5.09. The van der Waals surface area contributed by atoms with Crippen molar-refractivity contribution in [3.05, 3.63) is 34.5 Å². The number of hydrogen-bond acceptors (Lipinski definition) is 6. The predicted octanol–water partition coefficient (Wildman–Crippen LogP) is 3.49. The molecule has 0 aliphatic carbocycles. The molecule has 1 unspecified atom stereocenters. The number of piperidine rings is 1. The SMILES string of the molecule is CC1NC(CN2CCC(CCc3noc4cc5c(cc34)CC(=O)N5)CC2)=CS1. The molecule has 5 rings (SSSR count). The average molecular weight is 399 g/mol. The Morgan fingerprint density at radius 3 is 2.96 bits per heavy atom. The van der Waals surface area contributed by atoms with E-state index in [-0.39, 0.29) is 5.91 Å². The summed E-state index contributed by atoms with van der Waals surface area (Å²) < 4.78 is 5.52. The second-order valence-corrected chi connectivity index (χ2v) is 9.40. The lowest BCUT2D eigenvalue weighted by atomic mass is 9.91. The van der Waals surface area contributed by atoms with Gasteiger partial charge in [-0.25, -0.2) is 0 Å². The fourth-order valence-corrected chi connectivity index (χ4v) is 5.23. The molecule has 1 saturated heterocycles. The van der Waals surface area contributed by atoms with Crippen molar-refractivity contribution in [2.75, 3.05) is 25.0 Å². The number of fused-ring (bicyclic) bond motifs is 2. The van der Waals surface area contributed by atoms with E-state index in [1.807, 2.05) is 17.8 Å².